The van der Waals surface area contributed by atoms with Gasteiger partial charge in [-0.15, -0.1) is 0 Å². The van der Waals surface area contributed by atoms with Crippen LogP contribution in [0.15, 0.2) is 18.2 Å². The lowest BCUT2D eigenvalue weighted by Crippen LogP contribution is -2.04. The molecule has 2 nitrogen and oxygen atoms in total. The summed E-state index contributed by atoms with van der Waals surface area (Å²) in [6.45, 7) is 7.75. The Hall–Kier alpha value is -1.38. The van der Waals surface area contributed by atoms with Crippen molar-refractivity contribution in [3.63, 3.8) is 0 Å². The van der Waals surface area contributed by atoms with Gasteiger partial charge in [-0.3, -0.25) is 0 Å². The summed E-state index contributed by atoms with van der Waals surface area (Å²) in [5.74, 6) is -1.50. The van der Waals surface area contributed by atoms with Crippen molar-refractivity contribution in [3.8, 4) is 0 Å². The molecule has 0 radical (unpaired) electrons. The molecule has 1 aromatic carbocycles. The monoisotopic (exact) mass is 212 g/mol. The van der Waals surface area contributed by atoms with Crippen LogP contribution in [0.2, 0.25) is 0 Å². The van der Waals surface area contributed by atoms with Gasteiger partial charge in [0.2, 0.25) is 0 Å². The van der Waals surface area contributed by atoms with E-state index in [1.54, 1.807) is 0 Å². The molecule has 0 spiro atoms. The fraction of sp³-hybridized carbons (Fsp3) is 0.417. The largest absolute Gasteiger partial charge is 0.478 e. The van der Waals surface area contributed by atoms with Crippen molar-refractivity contribution in [3.05, 3.63) is 35.1 Å². The van der Waals surface area contributed by atoms with Crippen molar-refractivity contribution in [1.82, 2.24) is 0 Å². The Morgan fingerprint density at radius 1 is 1.33 bits per heavy atom. The van der Waals surface area contributed by atoms with E-state index in [-0.39, 0.29) is 11.5 Å². The molecule has 0 bridgehead atoms. The maximum Gasteiger partial charge on any atom is 0.336 e. The molecule has 0 amide bonds. The van der Waals surface area contributed by atoms with Crippen molar-refractivity contribution in [2.24, 2.45) is 0 Å². The van der Waals surface area contributed by atoms with E-state index in [1.807, 2.05) is 27.7 Å². The predicted molar refractivity (Wildman–Crippen MR) is 58.8 cm³/mol. The van der Waals surface area contributed by atoms with Crippen LogP contribution < -0.4 is 0 Å². The molecule has 0 heterocycles. The molecule has 15 heavy (non-hydrogen) atoms. The summed E-state index contributed by atoms with van der Waals surface area (Å²) in [7, 11) is 0. The predicted octanol–water partition coefficient (Wildman–Crippen LogP) is 3.67. The number of aromatic carboxylic acids is 1. The van der Waals surface area contributed by atoms with Crippen molar-refractivity contribution in [2.45, 2.75) is 33.6 Å². The van der Waals surface area contributed by atoms with E-state index in [9.17, 15) is 9.18 Å². The van der Waals surface area contributed by atoms with Gasteiger partial charge in [0.25, 0.3) is 0 Å². The Kier molecular flexibility index (Phi) is 5.60. The van der Waals surface area contributed by atoms with E-state index < -0.39 is 11.8 Å². The second-order valence-corrected chi connectivity index (χ2v) is 3.19. The highest BCUT2D eigenvalue weighted by Crippen LogP contribution is 2.20. The Morgan fingerprint density at radius 3 is 2.27 bits per heavy atom. The van der Waals surface area contributed by atoms with Crippen LogP contribution in [0.25, 0.3) is 0 Å². The Balaban J connectivity index is 0.000000921. The third kappa shape index (κ3) is 3.70. The number of carbonyl (C=O) groups is 1. The molecule has 0 atom stereocenters. The number of hydrogen-bond donors (Lipinski definition) is 1. The van der Waals surface area contributed by atoms with Crippen LogP contribution >= 0.6 is 0 Å². The van der Waals surface area contributed by atoms with Crippen LogP contribution in [-0.2, 0) is 0 Å². The average molecular weight is 212 g/mol. The zero-order valence-electron chi connectivity index (χ0n) is 9.54. The van der Waals surface area contributed by atoms with Crippen LogP contribution in [0.3, 0.4) is 0 Å². The van der Waals surface area contributed by atoms with E-state index in [4.69, 9.17) is 5.11 Å². The molecule has 0 aliphatic rings. The van der Waals surface area contributed by atoms with Gasteiger partial charge in [0.05, 0.1) is 5.56 Å². The van der Waals surface area contributed by atoms with Crippen LogP contribution in [0.5, 0.6) is 0 Å². The van der Waals surface area contributed by atoms with Gasteiger partial charge in [0.15, 0.2) is 0 Å². The Bertz CT molecular complexity index is 332. The lowest BCUT2D eigenvalue weighted by molar-refractivity contribution is 0.0694. The van der Waals surface area contributed by atoms with E-state index in [0.717, 1.165) is 6.07 Å². The van der Waals surface area contributed by atoms with Crippen LogP contribution in [0, 0.1) is 5.82 Å². The lowest BCUT2D eigenvalue weighted by Gasteiger charge is -2.08. The van der Waals surface area contributed by atoms with E-state index in [0.29, 0.717) is 5.56 Å². The minimum atomic E-state index is -1.08. The molecule has 1 rings (SSSR count). The third-order valence-corrected chi connectivity index (χ3v) is 1.87. The van der Waals surface area contributed by atoms with Crippen molar-refractivity contribution in [2.75, 3.05) is 0 Å². The number of carboxylic acids is 1. The molecule has 0 aromatic heterocycles. The second-order valence-electron chi connectivity index (χ2n) is 3.19. The average Bonchev–Trinajstić information content (AvgIpc) is 2.20. The highest BCUT2D eigenvalue weighted by Gasteiger charge is 2.13. The highest BCUT2D eigenvalue weighted by molar-refractivity contribution is 5.89. The number of halogens is 1. The quantitative estimate of drug-likeness (QED) is 0.812. The highest BCUT2D eigenvalue weighted by atomic mass is 19.1. The number of rotatable bonds is 2. The fourth-order valence-electron chi connectivity index (χ4n) is 1.22. The van der Waals surface area contributed by atoms with Crippen LogP contribution in [0.1, 0.15) is 49.5 Å². The SMILES string of the molecule is CC.CC(C)c1ccc(F)cc1C(=O)O. The molecule has 84 valence electrons. The van der Waals surface area contributed by atoms with E-state index in [2.05, 4.69) is 0 Å². The molecule has 1 N–H and O–H groups in total. The molecule has 0 saturated heterocycles. The summed E-state index contributed by atoms with van der Waals surface area (Å²) < 4.78 is 12.7. The molecular weight excluding hydrogens is 195 g/mol. The van der Waals surface area contributed by atoms with Crippen molar-refractivity contribution >= 4 is 5.97 Å². The summed E-state index contributed by atoms with van der Waals surface area (Å²) >= 11 is 0. The molecule has 0 aliphatic carbocycles. The first-order valence-electron chi connectivity index (χ1n) is 5.05. The molecule has 0 fully saturated rings. The first-order chi connectivity index (χ1) is 7.02. The topological polar surface area (TPSA) is 37.3 Å². The summed E-state index contributed by atoms with van der Waals surface area (Å²) in [4.78, 5) is 10.7. The van der Waals surface area contributed by atoms with Gasteiger partial charge in [-0.25, -0.2) is 9.18 Å². The molecule has 0 unspecified atom stereocenters. The smallest absolute Gasteiger partial charge is 0.336 e. The lowest BCUT2D eigenvalue weighted by atomic mass is 9.97. The maximum atomic E-state index is 12.7. The standard InChI is InChI=1S/C10H11FO2.C2H6/c1-6(2)8-4-3-7(11)5-9(8)10(12)13;1-2/h3-6H,1-2H3,(H,12,13);1-2H3. The number of carboxylic acid groups (broad SMARTS) is 1. The Morgan fingerprint density at radius 2 is 1.87 bits per heavy atom. The van der Waals surface area contributed by atoms with Crippen LogP contribution in [-0.4, -0.2) is 11.1 Å². The molecule has 1 aromatic rings. The molecule has 0 aliphatic heterocycles. The Labute approximate surface area is 89.7 Å². The van der Waals surface area contributed by atoms with Gasteiger partial charge in [-0.05, 0) is 23.6 Å². The van der Waals surface area contributed by atoms with Gasteiger partial charge in [0, 0.05) is 0 Å². The third-order valence-electron chi connectivity index (χ3n) is 1.87. The van der Waals surface area contributed by atoms with Gasteiger partial charge in [-0.1, -0.05) is 33.8 Å². The van der Waals surface area contributed by atoms with Gasteiger partial charge in [0.1, 0.15) is 5.82 Å². The first-order valence-corrected chi connectivity index (χ1v) is 5.05. The zero-order valence-corrected chi connectivity index (χ0v) is 9.54. The minimum Gasteiger partial charge on any atom is -0.478 e. The maximum absolute atomic E-state index is 12.7. The second kappa shape index (κ2) is 6.17. The molecule has 3 heteroatoms. The number of hydrogen-bond acceptors (Lipinski definition) is 1. The minimum absolute atomic E-state index is 0.0509. The van der Waals surface area contributed by atoms with Gasteiger partial charge in [-0.2, -0.15) is 0 Å². The van der Waals surface area contributed by atoms with Crippen molar-refractivity contribution < 1.29 is 14.3 Å². The fourth-order valence-corrected chi connectivity index (χ4v) is 1.22. The van der Waals surface area contributed by atoms with Crippen molar-refractivity contribution in [1.29, 1.82) is 0 Å². The summed E-state index contributed by atoms with van der Waals surface area (Å²) in [6, 6.07) is 3.85. The van der Waals surface area contributed by atoms with Gasteiger partial charge < -0.3 is 5.11 Å². The number of benzene rings is 1. The van der Waals surface area contributed by atoms with Crippen LogP contribution in [0.4, 0.5) is 4.39 Å². The summed E-state index contributed by atoms with van der Waals surface area (Å²) in [6.07, 6.45) is 0. The molecular formula is C12H17FO2. The normalized spacial score (nSPS) is 9.47. The van der Waals surface area contributed by atoms with E-state index in [1.165, 1.54) is 12.1 Å². The first kappa shape index (κ1) is 13.6. The summed E-state index contributed by atoms with van der Waals surface area (Å²) in [5, 5.41) is 8.77. The molecule has 0 saturated carbocycles. The van der Waals surface area contributed by atoms with Gasteiger partial charge >= 0.3 is 5.97 Å². The summed E-state index contributed by atoms with van der Waals surface area (Å²) in [5.41, 5.74) is 0.712. The zero-order chi connectivity index (χ0) is 12.0. The van der Waals surface area contributed by atoms with E-state index >= 15 is 0 Å².